The highest BCUT2D eigenvalue weighted by atomic mass is 16.3. The van der Waals surface area contributed by atoms with E-state index in [1.54, 1.807) is 0 Å². The summed E-state index contributed by atoms with van der Waals surface area (Å²) in [6, 6.07) is 0. The Hall–Kier alpha value is -0.770. The molecule has 0 aliphatic heterocycles. The Labute approximate surface area is 93.2 Å². The van der Waals surface area contributed by atoms with Crippen LogP contribution in [0.5, 0.6) is 0 Å². The van der Waals surface area contributed by atoms with Gasteiger partial charge in [0.2, 0.25) is 0 Å². The van der Waals surface area contributed by atoms with Crippen molar-refractivity contribution in [2.75, 3.05) is 26.2 Å². The molecule has 0 saturated heterocycles. The minimum absolute atomic E-state index is 0.205. The molecule has 0 amide bonds. The predicted molar refractivity (Wildman–Crippen MR) is 65.1 cm³/mol. The van der Waals surface area contributed by atoms with Gasteiger partial charge in [-0.15, -0.1) is 0 Å². The van der Waals surface area contributed by atoms with Crippen LogP contribution in [0.4, 0.5) is 0 Å². The van der Waals surface area contributed by atoms with E-state index in [9.17, 15) is 0 Å². The number of rotatable bonds is 6. The zero-order chi connectivity index (χ0) is 11.7. The monoisotopic (exact) mass is 215 g/mol. The highest BCUT2D eigenvalue weighted by Gasteiger charge is 2.02. The van der Waals surface area contributed by atoms with Gasteiger partial charge in [-0.3, -0.25) is 4.99 Å². The highest BCUT2D eigenvalue weighted by Crippen LogP contribution is 1.92. The van der Waals surface area contributed by atoms with Crippen molar-refractivity contribution in [1.29, 1.82) is 0 Å². The molecule has 0 spiro atoms. The molecule has 4 nitrogen and oxygen atoms in total. The maximum absolute atomic E-state index is 8.90. The van der Waals surface area contributed by atoms with Crippen molar-refractivity contribution in [3.63, 3.8) is 0 Å². The van der Waals surface area contributed by atoms with E-state index in [0.29, 0.717) is 5.92 Å². The molecular weight excluding hydrogens is 190 g/mol. The van der Waals surface area contributed by atoms with Gasteiger partial charge in [-0.1, -0.05) is 20.8 Å². The van der Waals surface area contributed by atoms with Crippen LogP contribution in [0.3, 0.4) is 0 Å². The lowest BCUT2D eigenvalue weighted by Gasteiger charge is -2.14. The van der Waals surface area contributed by atoms with Gasteiger partial charge in [-0.2, -0.15) is 0 Å². The molecule has 1 atom stereocenters. The summed E-state index contributed by atoms with van der Waals surface area (Å²) in [7, 11) is 0. The quantitative estimate of drug-likeness (QED) is 0.454. The predicted octanol–water partition coefficient (Wildman–Crippen LogP) is 0.826. The van der Waals surface area contributed by atoms with Crippen LogP contribution in [0.15, 0.2) is 4.99 Å². The van der Waals surface area contributed by atoms with Crippen LogP contribution in [0.1, 0.15) is 27.7 Å². The smallest absolute Gasteiger partial charge is 0.191 e. The van der Waals surface area contributed by atoms with Crippen LogP contribution < -0.4 is 10.6 Å². The van der Waals surface area contributed by atoms with Crippen LogP contribution in [0.2, 0.25) is 0 Å². The first-order chi connectivity index (χ1) is 7.10. The van der Waals surface area contributed by atoms with Gasteiger partial charge >= 0.3 is 0 Å². The fourth-order valence-electron chi connectivity index (χ4n) is 0.951. The Morgan fingerprint density at radius 1 is 1.27 bits per heavy atom. The number of aliphatic hydroxyl groups is 1. The largest absolute Gasteiger partial charge is 0.396 e. The summed E-state index contributed by atoms with van der Waals surface area (Å²) < 4.78 is 0. The lowest BCUT2D eigenvalue weighted by molar-refractivity contribution is 0.238. The second kappa shape index (κ2) is 8.53. The molecule has 15 heavy (non-hydrogen) atoms. The van der Waals surface area contributed by atoms with Crippen molar-refractivity contribution in [3.8, 4) is 0 Å². The first-order valence-corrected chi connectivity index (χ1v) is 5.73. The molecule has 0 fully saturated rings. The summed E-state index contributed by atoms with van der Waals surface area (Å²) in [6.45, 7) is 11.0. The summed E-state index contributed by atoms with van der Waals surface area (Å²) >= 11 is 0. The van der Waals surface area contributed by atoms with Crippen molar-refractivity contribution < 1.29 is 5.11 Å². The molecule has 0 aliphatic rings. The van der Waals surface area contributed by atoms with Gasteiger partial charge < -0.3 is 15.7 Å². The fourth-order valence-corrected chi connectivity index (χ4v) is 0.951. The van der Waals surface area contributed by atoms with Crippen molar-refractivity contribution in [2.45, 2.75) is 27.7 Å². The third kappa shape index (κ3) is 8.24. The number of hydrogen-bond donors (Lipinski definition) is 3. The molecule has 0 rings (SSSR count). The SMILES string of the molecule is CCNC(=NCC(C)C)NCC(C)CO. The lowest BCUT2D eigenvalue weighted by Crippen LogP contribution is -2.40. The minimum Gasteiger partial charge on any atom is -0.396 e. The zero-order valence-electron chi connectivity index (χ0n) is 10.4. The number of hydrogen-bond acceptors (Lipinski definition) is 2. The molecule has 0 saturated carbocycles. The Bertz CT molecular complexity index is 181. The van der Waals surface area contributed by atoms with Crippen LogP contribution in [-0.2, 0) is 0 Å². The third-order valence-corrected chi connectivity index (χ3v) is 1.89. The standard InChI is InChI=1S/C11H25N3O/c1-5-12-11(13-6-9(2)3)14-7-10(4)8-15/h9-10,15H,5-8H2,1-4H3,(H2,12,13,14). The topological polar surface area (TPSA) is 56.7 Å². The summed E-state index contributed by atoms with van der Waals surface area (Å²) in [5.74, 6) is 1.66. The van der Waals surface area contributed by atoms with Crippen LogP contribution in [0.25, 0.3) is 0 Å². The van der Waals surface area contributed by atoms with E-state index in [4.69, 9.17) is 5.11 Å². The number of aliphatic imine (C=N–C) groups is 1. The molecule has 1 unspecified atom stereocenters. The van der Waals surface area contributed by atoms with Crippen molar-refractivity contribution in [2.24, 2.45) is 16.8 Å². The Kier molecular flexibility index (Phi) is 8.09. The third-order valence-electron chi connectivity index (χ3n) is 1.89. The molecule has 0 radical (unpaired) electrons. The van der Waals surface area contributed by atoms with E-state index in [1.807, 2.05) is 13.8 Å². The Morgan fingerprint density at radius 2 is 1.93 bits per heavy atom. The average Bonchev–Trinajstić information content (AvgIpc) is 2.21. The highest BCUT2D eigenvalue weighted by molar-refractivity contribution is 5.79. The van der Waals surface area contributed by atoms with E-state index >= 15 is 0 Å². The van der Waals surface area contributed by atoms with Gasteiger partial charge in [0.1, 0.15) is 0 Å². The van der Waals surface area contributed by atoms with Crippen LogP contribution in [0, 0.1) is 11.8 Å². The molecule has 0 bridgehead atoms. The molecular formula is C11H25N3O. The molecule has 0 aromatic carbocycles. The number of nitrogens with zero attached hydrogens (tertiary/aromatic N) is 1. The summed E-state index contributed by atoms with van der Waals surface area (Å²) in [6.07, 6.45) is 0. The van der Waals surface area contributed by atoms with E-state index in [0.717, 1.165) is 25.6 Å². The summed E-state index contributed by atoms with van der Waals surface area (Å²) in [4.78, 5) is 4.43. The minimum atomic E-state index is 0.205. The zero-order valence-corrected chi connectivity index (χ0v) is 10.4. The maximum atomic E-state index is 8.90. The summed E-state index contributed by atoms with van der Waals surface area (Å²) in [5.41, 5.74) is 0. The second-order valence-electron chi connectivity index (χ2n) is 4.28. The van der Waals surface area contributed by atoms with E-state index in [-0.39, 0.29) is 12.5 Å². The molecule has 4 heteroatoms. The molecule has 0 aromatic heterocycles. The van der Waals surface area contributed by atoms with Crippen molar-refractivity contribution >= 4 is 5.96 Å². The molecule has 0 heterocycles. The van der Waals surface area contributed by atoms with Gasteiger partial charge in [0, 0.05) is 26.2 Å². The van der Waals surface area contributed by atoms with Gasteiger partial charge in [0.15, 0.2) is 5.96 Å². The van der Waals surface area contributed by atoms with Gasteiger partial charge in [-0.25, -0.2) is 0 Å². The van der Waals surface area contributed by atoms with Crippen LogP contribution in [-0.4, -0.2) is 37.3 Å². The molecule has 90 valence electrons. The maximum Gasteiger partial charge on any atom is 0.191 e. The average molecular weight is 215 g/mol. The fraction of sp³-hybridized carbons (Fsp3) is 0.909. The van der Waals surface area contributed by atoms with Gasteiger partial charge in [0.25, 0.3) is 0 Å². The van der Waals surface area contributed by atoms with E-state index in [2.05, 4.69) is 29.5 Å². The number of guanidine groups is 1. The van der Waals surface area contributed by atoms with Crippen molar-refractivity contribution in [3.05, 3.63) is 0 Å². The van der Waals surface area contributed by atoms with Gasteiger partial charge in [-0.05, 0) is 18.8 Å². The normalized spacial score (nSPS) is 14.1. The van der Waals surface area contributed by atoms with E-state index in [1.165, 1.54) is 0 Å². The number of aliphatic hydroxyl groups excluding tert-OH is 1. The first-order valence-electron chi connectivity index (χ1n) is 5.73. The van der Waals surface area contributed by atoms with Gasteiger partial charge in [0.05, 0.1) is 0 Å². The first kappa shape index (κ1) is 14.2. The Morgan fingerprint density at radius 3 is 2.40 bits per heavy atom. The molecule has 0 aromatic rings. The summed E-state index contributed by atoms with van der Waals surface area (Å²) in [5, 5.41) is 15.3. The second-order valence-corrected chi connectivity index (χ2v) is 4.28. The Balaban J connectivity index is 3.97. The number of nitrogens with one attached hydrogen (secondary N) is 2. The lowest BCUT2D eigenvalue weighted by atomic mass is 10.2. The molecule has 0 aliphatic carbocycles. The van der Waals surface area contributed by atoms with Crippen LogP contribution >= 0.6 is 0 Å². The van der Waals surface area contributed by atoms with E-state index < -0.39 is 0 Å². The van der Waals surface area contributed by atoms with Crippen molar-refractivity contribution in [1.82, 2.24) is 10.6 Å². The molecule has 3 N–H and O–H groups in total.